The number of benzene rings is 4. The monoisotopic (exact) mass is 545 g/mol. The average molecular weight is 546 g/mol. The van der Waals surface area contributed by atoms with Crippen LogP contribution < -0.4 is 0 Å². The predicted octanol–water partition coefficient (Wildman–Crippen LogP) is 6.25. The van der Waals surface area contributed by atoms with E-state index in [1.54, 1.807) is 29.1 Å². The molecule has 0 aliphatic rings. The first kappa shape index (κ1) is 27.2. The van der Waals surface area contributed by atoms with Crippen molar-refractivity contribution in [3.05, 3.63) is 155 Å². The van der Waals surface area contributed by atoms with E-state index in [9.17, 15) is 13.6 Å². The zero-order chi connectivity index (χ0) is 28.6. The molecule has 0 N–H and O–H groups in total. The van der Waals surface area contributed by atoms with Gasteiger partial charge in [-0.3, -0.25) is 4.79 Å². The van der Waals surface area contributed by atoms with Gasteiger partial charge in [0.25, 0.3) is 5.91 Å². The van der Waals surface area contributed by atoms with Crippen molar-refractivity contribution in [2.24, 2.45) is 0 Å². The summed E-state index contributed by atoms with van der Waals surface area (Å²) >= 11 is 0. The summed E-state index contributed by atoms with van der Waals surface area (Å²) in [4.78, 5) is 15.8. The second kappa shape index (κ2) is 12.6. The van der Waals surface area contributed by atoms with Crippen LogP contribution in [0.2, 0.25) is 0 Å². The molecule has 0 saturated heterocycles. The second-order valence-corrected chi connectivity index (χ2v) is 9.42. The maximum absolute atomic E-state index is 14.8. The van der Waals surface area contributed by atoms with Crippen LogP contribution in [0.5, 0.6) is 0 Å². The number of amides is 1. The number of aromatic nitrogens is 3. The van der Waals surface area contributed by atoms with E-state index in [2.05, 4.69) is 16.3 Å². The molecule has 0 radical (unpaired) electrons. The average Bonchev–Trinajstić information content (AvgIpc) is 3.44. The lowest BCUT2D eigenvalue weighted by Gasteiger charge is -2.25. The van der Waals surface area contributed by atoms with E-state index >= 15 is 0 Å². The lowest BCUT2D eigenvalue weighted by Crippen LogP contribution is -2.32. The summed E-state index contributed by atoms with van der Waals surface area (Å²) in [7, 11) is 0. The Morgan fingerprint density at radius 3 is 2.29 bits per heavy atom. The van der Waals surface area contributed by atoms with Crippen LogP contribution in [-0.2, 0) is 24.4 Å². The van der Waals surface area contributed by atoms with Gasteiger partial charge in [-0.25, -0.2) is 8.78 Å². The Morgan fingerprint density at radius 2 is 1.61 bits per heavy atom. The SMILES string of the molecule is N#Cc1ccc(Cn2cnnc2CN(Cc2ccc(F)cc2F)C(=O)/C(=C/c2ccccc2)c2ccccc2)cc1. The molecule has 5 aromatic rings. The van der Waals surface area contributed by atoms with E-state index in [-0.39, 0.29) is 24.6 Å². The van der Waals surface area contributed by atoms with Gasteiger partial charge in [0.2, 0.25) is 0 Å². The molecule has 1 aromatic heterocycles. The van der Waals surface area contributed by atoms with E-state index < -0.39 is 11.6 Å². The van der Waals surface area contributed by atoms with Gasteiger partial charge in [0.05, 0.1) is 24.7 Å². The number of carbonyl (C=O) groups is 1. The molecule has 6 nitrogen and oxygen atoms in total. The normalized spacial score (nSPS) is 11.2. The molecular weight excluding hydrogens is 520 g/mol. The predicted molar refractivity (Wildman–Crippen MR) is 152 cm³/mol. The third-order valence-electron chi connectivity index (χ3n) is 6.55. The summed E-state index contributed by atoms with van der Waals surface area (Å²) in [6, 6.07) is 31.3. The second-order valence-electron chi connectivity index (χ2n) is 9.42. The summed E-state index contributed by atoms with van der Waals surface area (Å²) in [5.74, 6) is -1.30. The Labute approximate surface area is 236 Å². The number of rotatable bonds is 9. The number of nitrogens with zero attached hydrogens (tertiary/aromatic N) is 5. The van der Waals surface area contributed by atoms with Crippen molar-refractivity contribution in [2.75, 3.05) is 0 Å². The highest BCUT2D eigenvalue weighted by Crippen LogP contribution is 2.24. The fourth-order valence-electron chi connectivity index (χ4n) is 4.41. The summed E-state index contributed by atoms with van der Waals surface area (Å²) < 4.78 is 30.3. The summed E-state index contributed by atoms with van der Waals surface area (Å²) in [5.41, 5.74) is 3.58. The number of halogens is 2. The van der Waals surface area contributed by atoms with Crippen molar-refractivity contribution in [1.82, 2.24) is 19.7 Å². The van der Waals surface area contributed by atoms with Crippen molar-refractivity contribution >= 4 is 17.6 Å². The first-order valence-electron chi connectivity index (χ1n) is 12.9. The Kier molecular flexibility index (Phi) is 8.36. The van der Waals surface area contributed by atoms with Gasteiger partial charge in [0.15, 0.2) is 5.82 Å². The minimum absolute atomic E-state index is 0.0187. The largest absolute Gasteiger partial charge is 0.327 e. The molecule has 0 atom stereocenters. The van der Waals surface area contributed by atoms with Crippen LogP contribution in [0.3, 0.4) is 0 Å². The molecule has 202 valence electrons. The minimum atomic E-state index is -0.741. The quantitative estimate of drug-likeness (QED) is 0.162. The van der Waals surface area contributed by atoms with Crippen LogP contribution in [0.15, 0.2) is 109 Å². The summed E-state index contributed by atoms with van der Waals surface area (Å²) in [6.45, 7) is 0.310. The molecule has 0 spiro atoms. The highest BCUT2D eigenvalue weighted by Gasteiger charge is 2.24. The molecule has 1 heterocycles. The lowest BCUT2D eigenvalue weighted by molar-refractivity contribution is -0.126. The molecule has 41 heavy (non-hydrogen) atoms. The molecule has 0 unspecified atom stereocenters. The van der Waals surface area contributed by atoms with Crippen LogP contribution in [0.25, 0.3) is 11.6 Å². The van der Waals surface area contributed by atoms with Gasteiger partial charge >= 0.3 is 0 Å². The number of nitriles is 1. The summed E-state index contributed by atoms with van der Waals surface area (Å²) in [6.07, 6.45) is 3.36. The maximum Gasteiger partial charge on any atom is 0.255 e. The third-order valence-corrected chi connectivity index (χ3v) is 6.55. The molecule has 1 amide bonds. The molecule has 0 bridgehead atoms. The minimum Gasteiger partial charge on any atom is -0.327 e. The van der Waals surface area contributed by atoms with E-state index in [0.29, 0.717) is 29.1 Å². The van der Waals surface area contributed by atoms with Crippen LogP contribution in [0.4, 0.5) is 8.78 Å². The van der Waals surface area contributed by atoms with Crippen LogP contribution in [0, 0.1) is 23.0 Å². The van der Waals surface area contributed by atoms with E-state index in [0.717, 1.165) is 17.2 Å². The van der Waals surface area contributed by atoms with Gasteiger partial charge in [-0.15, -0.1) is 10.2 Å². The van der Waals surface area contributed by atoms with Gasteiger partial charge in [-0.2, -0.15) is 5.26 Å². The molecule has 0 fully saturated rings. The topological polar surface area (TPSA) is 74.8 Å². The smallest absolute Gasteiger partial charge is 0.255 e. The molecular formula is C33H25F2N5O. The molecule has 0 aliphatic heterocycles. The number of hydrogen-bond donors (Lipinski definition) is 0. The van der Waals surface area contributed by atoms with E-state index in [1.165, 1.54) is 17.0 Å². The van der Waals surface area contributed by atoms with Gasteiger partial charge in [0.1, 0.15) is 18.0 Å². The zero-order valence-electron chi connectivity index (χ0n) is 22.0. The third kappa shape index (κ3) is 6.78. The van der Waals surface area contributed by atoms with Crippen molar-refractivity contribution in [2.45, 2.75) is 19.6 Å². The Balaban J connectivity index is 1.52. The maximum atomic E-state index is 14.8. The van der Waals surface area contributed by atoms with Gasteiger partial charge in [0, 0.05) is 23.7 Å². The van der Waals surface area contributed by atoms with Crippen molar-refractivity contribution in [3.63, 3.8) is 0 Å². The van der Waals surface area contributed by atoms with Crippen molar-refractivity contribution < 1.29 is 13.6 Å². The molecule has 8 heteroatoms. The Morgan fingerprint density at radius 1 is 0.902 bits per heavy atom. The fraction of sp³-hybridized carbons (Fsp3) is 0.0909. The molecule has 0 saturated carbocycles. The first-order valence-corrected chi connectivity index (χ1v) is 12.9. The highest BCUT2D eigenvalue weighted by molar-refractivity contribution is 6.24. The standard InChI is InChI=1S/C33H25F2N5O/c34-29-16-15-28(31(35)18-29)21-39(22-32-38-37-23-40(32)20-26-13-11-25(19-36)12-14-26)33(41)30(27-9-5-2-6-10-27)17-24-7-3-1-4-8-24/h1-18,23H,20-22H2/b30-17+. The van der Waals surface area contributed by atoms with Gasteiger partial charge < -0.3 is 9.47 Å². The van der Waals surface area contributed by atoms with Crippen molar-refractivity contribution in [3.8, 4) is 6.07 Å². The van der Waals surface area contributed by atoms with Crippen molar-refractivity contribution in [1.29, 1.82) is 5.26 Å². The Hall–Kier alpha value is -5.42. The van der Waals surface area contributed by atoms with E-state index in [1.807, 2.05) is 72.8 Å². The fourth-order valence-corrected chi connectivity index (χ4v) is 4.41. The zero-order valence-corrected chi connectivity index (χ0v) is 22.0. The molecule has 4 aromatic carbocycles. The molecule has 0 aliphatic carbocycles. The molecule has 5 rings (SSSR count). The number of carbonyl (C=O) groups excluding carboxylic acids is 1. The number of hydrogen-bond acceptors (Lipinski definition) is 4. The van der Waals surface area contributed by atoms with Gasteiger partial charge in [-0.1, -0.05) is 78.9 Å². The Bertz CT molecular complexity index is 1710. The lowest BCUT2D eigenvalue weighted by atomic mass is 10.0. The summed E-state index contributed by atoms with van der Waals surface area (Å²) in [5, 5.41) is 17.4. The van der Waals surface area contributed by atoms with E-state index in [4.69, 9.17) is 5.26 Å². The van der Waals surface area contributed by atoms with Crippen LogP contribution >= 0.6 is 0 Å². The first-order chi connectivity index (χ1) is 20.0. The van der Waals surface area contributed by atoms with Crippen LogP contribution in [0.1, 0.15) is 33.6 Å². The highest BCUT2D eigenvalue weighted by atomic mass is 19.1. The van der Waals surface area contributed by atoms with Gasteiger partial charge in [-0.05, 0) is 41.0 Å². The van der Waals surface area contributed by atoms with Crippen LogP contribution in [-0.4, -0.2) is 25.6 Å².